The second-order valence-electron chi connectivity index (χ2n) is 6.47. The van der Waals surface area contributed by atoms with E-state index in [1.807, 2.05) is 60.9 Å². The highest BCUT2D eigenvalue weighted by Crippen LogP contribution is 2.39. The van der Waals surface area contributed by atoms with Gasteiger partial charge in [-0.3, -0.25) is 4.79 Å². The molecule has 1 amide bonds. The zero-order valence-corrected chi connectivity index (χ0v) is 17.4. The second kappa shape index (κ2) is 8.03. The molecule has 0 bridgehead atoms. The number of carbonyl (C=O) groups excluding carboxylic acids is 1. The number of allylic oxidation sites excluding steroid dienone is 1. The van der Waals surface area contributed by atoms with E-state index >= 15 is 0 Å². The van der Waals surface area contributed by atoms with Gasteiger partial charge in [-0.05, 0) is 42.2 Å². The second-order valence-corrected chi connectivity index (χ2v) is 8.41. The number of hydrogen-bond donors (Lipinski definition) is 1. The fourth-order valence-corrected chi connectivity index (χ4v) is 4.77. The Morgan fingerprint density at radius 3 is 2.86 bits per heavy atom. The van der Waals surface area contributed by atoms with Crippen LogP contribution in [-0.2, 0) is 4.79 Å². The van der Waals surface area contributed by atoms with E-state index in [1.54, 1.807) is 0 Å². The van der Waals surface area contributed by atoms with Gasteiger partial charge in [0.2, 0.25) is 5.91 Å². The van der Waals surface area contributed by atoms with Crippen molar-refractivity contribution in [1.82, 2.24) is 4.98 Å². The van der Waals surface area contributed by atoms with Gasteiger partial charge in [-0.2, -0.15) is 5.26 Å². The van der Waals surface area contributed by atoms with Crippen molar-refractivity contribution < 1.29 is 9.53 Å². The Morgan fingerprint density at radius 2 is 2.14 bits per heavy atom. The number of carbonyl (C=O) groups is 1. The summed E-state index contributed by atoms with van der Waals surface area (Å²) in [5.41, 5.74) is 3.00. The SMILES string of the molecule is CC(=O)Nc1sc(/C(C#N)=C/C2=Cc3ccccc3OC2C)nc1-c1cccs1. The normalized spacial score (nSPS) is 15.7. The van der Waals surface area contributed by atoms with Gasteiger partial charge in [-0.25, -0.2) is 4.98 Å². The predicted octanol–water partition coefficient (Wildman–Crippen LogP) is 5.60. The van der Waals surface area contributed by atoms with Crippen molar-refractivity contribution in [3.63, 3.8) is 0 Å². The number of aromatic nitrogens is 1. The molecule has 1 aliphatic heterocycles. The molecule has 29 heavy (non-hydrogen) atoms. The van der Waals surface area contributed by atoms with Gasteiger partial charge in [0.1, 0.15) is 33.6 Å². The number of rotatable bonds is 4. The summed E-state index contributed by atoms with van der Waals surface area (Å²) in [4.78, 5) is 17.2. The van der Waals surface area contributed by atoms with E-state index in [0.29, 0.717) is 21.3 Å². The van der Waals surface area contributed by atoms with Crippen LogP contribution in [0.25, 0.3) is 22.2 Å². The molecule has 5 nitrogen and oxygen atoms in total. The van der Waals surface area contributed by atoms with Crippen molar-refractivity contribution in [3.8, 4) is 22.4 Å². The number of ether oxygens (including phenoxy) is 1. The summed E-state index contributed by atoms with van der Waals surface area (Å²) in [5, 5.41) is 15.8. The molecule has 0 radical (unpaired) electrons. The quantitative estimate of drug-likeness (QED) is 0.559. The lowest BCUT2D eigenvalue weighted by Crippen LogP contribution is -2.17. The van der Waals surface area contributed by atoms with E-state index in [2.05, 4.69) is 16.4 Å². The molecule has 3 heterocycles. The van der Waals surface area contributed by atoms with Gasteiger partial charge >= 0.3 is 0 Å². The molecule has 144 valence electrons. The molecule has 1 unspecified atom stereocenters. The van der Waals surface area contributed by atoms with Crippen LogP contribution in [0.4, 0.5) is 5.00 Å². The molecule has 3 aromatic rings. The highest BCUT2D eigenvalue weighted by Gasteiger charge is 2.21. The van der Waals surface area contributed by atoms with Crippen molar-refractivity contribution in [3.05, 3.63) is 64.0 Å². The van der Waals surface area contributed by atoms with Crippen LogP contribution in [0, 0.1) is 11.3 Å². The molecule has 1 N–H and O–H groups in total. The minimum atomic E-state index is -0.181. The van der Waals surface area contributed by atoms with E-state index in [9.17, 15) is 10.1 Å². The number of thiophene rings is 1. The Hall–Kier alpha value is -3.21. The number of para-hydroxylation sites is 1. The van der Waals surface area contributed by atoms with Crippen LogP contribution < -0.4 is 10.1 Å². The monoisotopic (exact) mass is 419 g/mol. The molecule has 1 aliphatic rings. The van der Waals surface area contributed by atoms with E-state index in [4.69, 9.17) is 4.74 Å². The number of thiazole rings is 1. The van der Waals surface area contributed by atoms with Gasteiger partial charge in [0, 0.05) is 12.5 Å². The topological polar surface area (TPSA) is 75.0 Å². The Labute approximate surface area is 176 Å². The Kier molecular flexibility index (Phi) is 5.30. The smallest absolute Gasteiger partial charge is 0.221 e. The summed E-state index contributed by atoms with van der Waals surface area (Å²) in [6, 6.07) is 13.9. The summed E-state index contributed by atoms with van der Waals surface area (Å²) in [6.45, 7) is 3.41. The lowest BCUT2D eigenvalue weighted by atomic mass is 10.0. The highest BCUT2D eigenvalue weighted by molar-refractivity contribution is 7.18. The summed E-state index contributed by atoms with van der Waals surface area (Å²) < 4.78 is 5.97. The van der Waals surface area contributed by atoms with Crippen molar-refractivity contribution in [2.75, 3.05) is 5.32 Å². The molecule has 7 heteroatoms. The molecule has 0 aliphatic carbocycles. The van der Waals surface area contributed by atoms with Crippen molar-refractivity contribution in [1.29, 1.82) is 5.26 Å². The maximum absolute atomic E-state index is 11.6. The number of nitriles is 1. The standard InChI is InChI=1S/C22H17N3O2S2/c1-13-16(10-15-6-3-4-7-18(15)27-13)11-17(12-23)21-25-20(19-8-5-9-28-19)22(29-21)24-14(2)26/h3-11,13H,1-2H3,(H,24,26)/b17-11+. The first-order valence-corrected chi connectivity index (χ1v) is 10.7. The van der Waals surface area contributed by atoms with Crippen molar-refractivity contribution in [2.24, 2.45) is 0 Å². The number of amides is 1. The molecular weight excluding hydrogens is 402 g/mol. The zero-order chi connectivity index (χ0) is 20.4. The minimum Gasteiger partial charge on any atom is -0.485 e. The van der Waals surface area contributed by atoms with Crippen LogP contribution in [0.1, 0.15) is 24.4 Å². The van der Waals surface area contributed by atoms with Crippen molar-refractivity contribution >= 4 is 45.2 Å². The van der Waals surface area contributed by atoms with E-state index in [-0.39, 0.29) is 12.0 Å². The summed E-state index contributed by atoms with van der Waals surface area (Å²) in [6.07, 6.45) is 3.67. The number of nitrogens with one attached hydrogen (secondary N) is 1. The lowest BCUT2D eigenvalue weighted by Gasteiger charge is -2.22. The number of fused-ring (bicyclic) bond motifs is 1. The van der Waals surface area contributed by atoms with Crippen LogP contribution >= 0.6 is 22.7 Å². The Morgan fingerprint density at radius 1 is 1.31 bits per heavy atom. The first-order chi connectivity index (χ1) is 14.0. The Balaban J connectivity index is 1.76. The van der Waals surface area contributed by atoms with Crippen LogP contribution in [0.2, 0.25) is 0 Å². The van der Waals surface area contributed by atoms with Crippen LogP contribution in [0.3, 0.4) is 0 Å². The summed E-state index contributed by atoms with van der Waals surface area (Å²) in [5.74, 6) is 0.659. The minimum absolute atomic E-state index is 0.172. The zero-order valence-electron chi connectivity index (χ0n) is 15.8. The number of benzene rings is 1. The predicted molar refractivity (Wildman–Crippen MR) is 118 cm³/mol. The molecule has 0 saturated carbocycles. The largest absolute Gasteiger partial charge is 0.485 e. The fourth-order valence-electron chi connectivity index (χ4n) is 2.99. The third-order valence-corrected chi connectivity index (χ3v) is 6.23. The molecule has 2 aromatic heterocycles. The van der Waals surface area contributed by atoms with E-state index in [0.717, 1.165) is 21.8 Å². The Bertz CT molecular complexity index is 1170. The molecule has 1 aromatic carbocycles. The van der Waals surface area contributed by atoms with Crippen LogP contribution in [0.15, 0.2) is 53.4 Å². The average molecular weight is 420 g/mol. The average Bonchev–Trinajstić information content (AvgIpc) is 3.35. The van der Waals surface area contributed by atoms with Crippen molar-refractivity contribution in [2.45, 2.75) is 20.0 Å². The number of hydrogen-bond acceptors (Lipinski definition) is 6. The molecular formula is C22H17N3O2S2. The molecule has 4 rings (SSSR count). The van der Waals surface area contributed by atoms with Gasteiger partial charge in [0.05, 0.1) is 10.5 Å². The van der Waals surface area contributed by atoms with Gasteiger partial charge in [-0.1, -0.05) is 35.6 Å². The van der Waals surface area contributed by atoms with Gasteiger partial charge in [0.15, 0.2) is 0 Å². The van der Waals surface area contributed by atoms with Crippen LogP contribution in [-0.4, -0.2) is 17.0 Å². The van der Waals surface area contributed by atoms with Gasteiger partial charge < -0.3 is 10.1 Å². The molecule has 0 spiro atoms. The van der Waals surface area contributed by atoms with Crippen LogP contribution in [0.5, 0.6) is 5.75 Å². The number of anilines is 1. The third kappa shape index (κ3) is 3.99. The van der Waals surface area contributed by atoms with E-state index in [1.165, 1.54) is 29.6 Å². The summed E-state index contributed by atoms with van der Waals surface area (Å²) >= 11 is 2.84. The van der Waals surface area contributed by atoms with E-state index < -0.39 is 0 Å². The maximum Gasteiger partial charge on any atom is 0.221 e. The molecule has 1 atom stereocenters. The van der Waals surface area contributed by atoms with Gasteiger partial charge in [0.25, 0.3) is 0 Å². The summed E-state index contributed by atoms with van der Waals surface area (Å²) in [7, 11) is 0. The molecule has 0 fully saturated rings. The first kappa shape index (κ1) is 19.1. The first-order valence-electron chi connectivity index (χ1n) is 8.97. The molecule has 0 saturated heterocycles. The van der Waals surface area contributed by atoms with Gasteiger partial charge in [-0.15, -0.1) is 11.3 Å². The number of nitrogens with zero attached hydrogens (tertiary/aromatic N) is 2. The lowest BCUT2D eigenvalue weighted by molar-refractivity contribution is -0.114. The maximum atomic E-state index is 11.6. The third-order valence-electron chi connectivity index (χ3n) is 4.35. The highest BCUT2D eigenvalue weighted by atomic mass is 32.1. The fraction of sp³-hybridized carbons (Fsp3) is 0.136.